The maximum Gasteiger partial charge on any atom is 0.314 e. The number of primary amides is 1. The number of carbonyl (C=O) groups is 2. The molecule has 2 N–H and O–H groups in total. The standard InChI is InChI=1S/C27H37N5O3/c1-35-18-12-23-20-31(26(22-7-3-2-4-8-22)24-9-5-6-13-29-24)16-17-32(23)25(33)19-21-10-14-30(15-11-21)27(28)34/h2-9,13,21,23,26H,10-12,14-20H2,1H3,(H2,28,34)/t23-,26?/m0/s1. The van der Waals surface area contributed by atoms with Gasteiger partial charge in [0.05, 0.1) is 11.7 Å². The summed E-state index contributed by atoms with van der Waals surface area (Å²) >= 11 is 0. The van der Waals surface area contributed by atoms with Gasteiger partial charge in [-0.2, -0.15) is 0 Å². The Balaban J connectivity index is 1.47. The molecule has 188 valence electrons. The zero-order valence-electron chi connectivity index (χ0n) is 20.6. The normalized spacial score (nSPS) is 20.5. The third-order valence-corrected chi connectivity index (χ3v) is 7.33. The van der Waals surface area contributed by atoms with Crippen LogP contribution in [0.1, 0.15) is 43.0 Å². The van der Waals surface area contributed by atoms with Gasteiger partial charge in [-0.15, -0.1) is 0 Å². The highest BCUT2D eigenvalue weighted by Crippen LogP contribution is 2.31. The van der Waals surface area contributed by atoms with E-state index in [1.807, 2.05) is 24.4 Å². The van der Waals surface area contributed by atoms with Crippen LogP contribution in [0.4, 0.5) is 4.79 Å². The van der Waals surface area contributed by atoms with Crippen LogP contribution in [0.2, 0.25) is 0 Å². The molecule has 3 heterocycles. The van der Waals surface area contributed by atoms with Crippen molar-refractivity contribution in [3.63, 3.8) is 0 Å². The fraction of sp³-hybridized carbons (Fsp3) is 0.519. The summed E-state index contributed by atoms with van der Waals surface area (Å²) in [6.45, 7) is 4.12. The van der Waals surface area contributed by atoms with Crippen molar-refractivity contribution in [2.24, 2.45) is 11.7 Å². The summed E-state index contributed by atoms with van der Waals surface area (Å²) in [5.74, 6) is 0.502. The molecule has 0 saturated carbocycles. The number of aromatic nitrogens is 1. The molecule has 0 spiro atoms. The van der Waals surface area contributed by atoms with E-state index in [-0.39, 0.29) is 24.0 Å². The Labute approximate surface area is 208 Å². The Morgan fingerprint density at radius 1 is 1.06 bits per heavy atom. The van der Waals surface area contributed by atoms with Crippen LogP contribution in [0, 0.1) is 5.92 Å². The quantitative estimate of drug-likeness (QED) is 0.629. The van der Waals surface area contributed by atoms with Crippen molar-refractivity contribution >= 4 is 11.9 Å². The largest absolute Gasteiger partial charge is 0.385 e. The summed E-state index contributed by atoms with van der Waals surface area (Å²) in [4.78, 5) is 35.7. The highest BCUT2D eigenvalue weighted by Gasteiger charge is 2.35. The van der Waals surface area contributed by atoms with Gasteiger partial charge in [0.2, 0.25) is 5.91 Å². The Kier molecular flexibility index (Phi) is 8.71. The van der Waals surface area contributed by atoms with Crippen LogP contribution in [0.3, 0.4) is 0 Å². The third kappa shape index (κ3) is 6.38. The Morgan fingerprint density at radius 2 is 1.80 bits per heavy atom. The van der Waals surface area contributed by atoms with E-state index in [2.05, 4.69) is 45.1 Å². The minimum Gasteiger partial charge on any atom is -0.385 e. The number of nitrogens with two attached hydrogens (primary N) is 1. The molecule has 1 aromatic heterocycles. The monoisotopic (exact) mass is 479 g/mol. The molecule has 2 aromatic rings. The van der Waals surface area contributed by atoms with Gasteiger partial charge in [-0.05, 0) is 42.9 Å². The molecule has 2 saturated heterocycles. The summed E-state index contributed by atoms with van der Waals surface area (Å²) in [5, 5.41) is 0. The molecule has 0 aliphatic carbocycles. The van der Waals surface area contributed by atoms with E-state index >= 15 is 0 Å². The van der Waals surface area contributed by atoms with Crippen LogP contribution in [0.25, 0.3) is 0 Å². The van der Waals surface area contributed by atoms with Crippen LogP contribution in [-0.4, -0.2) is 84.1 Å². The number of benzene rings is 1. The predicted octanol–water partition coefficient (Wildman–Crippen LogP) is 2.90. The van der Waals surface area contributed by atoms with Gasteiger partial charge in [0.1, 0.15) is 0 Å². The molecular weight excluding hydrogens is 442 g/mol. The lowest BCUT2D eigenvalue weighted by Crippen LogP contribution is -2.56. The lowest BCUT2D eigenvalue weighted by atomic mass is 9.92. The number of pyridine rings is 1. The second kappa shape index (κ2) is 12.1. The van der Waals surface area contributed by atoms with Gasteiger partial charge in [-0.1, -0.05) is 36.4 Å². The van der Waals surface area contributed by atoms with Crippen LogP contribution < -0.4 is 5.73 Å². The molecule has 1 unspecified atom stereocenters. The number of nitrogens with zero attached hydrogens (tertiary/aromatic N) is 4. The van der Waals surface area contributed by atoms with Crippen molar-refractivity contribution in [1.82, 2.24) is 19.7 Å². The number of rotatable bonds is 8. The van der Waals surface area contributed by atoms with Crippen molar-refractivity contribution in [3.05, 3.63) is 66.0 Å². The first-order chi connectivity index (χ1) is 17.1. The van der Waals surface area contributed by atoms with E-state index in [0.29, 0.717) is 38.6 Å². The molecule has 1 aromatic carbocycles. The second-order valence-corrected chi connectivity index (χ2v) is 9.56. The van der Waals surface area contributed by atoms with Gasteiger partial charge >= 0.3 is 6.03 Å². The molecular formula is C27H37N5O3. The molecule has 3 amide bonds. The van der Waals surface area contributed by atoms with Gasteiger partial charge in [0.15, 0.2) is 0 Å². The number of hydrogen-bond donors (Lipinski definition) is 1. The van der Waals surface area contributed by atoms with Gasteiger partial charge in [-0.25, -0.2) is 4.79 Å². The Hall–Kier alpha value is -2.97. The number of piperazine rings is 1. The van der Waals surface area contributed by atoms with Crippen molar-refractivity contribution in [3.8, 4) is 0 Å². The zero-order valence-corrected chi connectivity index (χ0v) is 20.6. The van der Waals surface area contributed by atoms with Crippen LogP contribution >= 0.6 is 0 Å². The van der Waals surface area contributed by atoms with E-state index in [0.717, 1.165) is 38.0 Å². The second-order valence-electron chi connectivity index (χ2n) is 9.56. The minimum atomic E-state index is -0.369. The molecule has 2 atom stereocenters. The molecule has 2 aliphatic heterocycles. The predicted molar refractivity (Wildman–Crippen MR) is 135 cm³/mol. The number of carbonyl (C=O) groups excluding carboxylic acids is 2. The molecule has 8 heteroatoms. The average molecular weight is 480 g/mol. The summed E-state index contributed by atoms with van der Waals surface area (Å²) in [6, 6.07) is 16.3. The summed E-state index contributed by atoms with van der Waals surface area (Å²) in [7, 11) is 1.71. The highest BCUT2D eigenvalue weighted by atomic mass is 16.5. The summed E-state index contributed by atoms with van der Waals surface area (Å²) in [5.41, 5.74) is 7.63. The molecule has 35 heavy (non-hydrogen) atoms. The van der Waals surface area contributed by atoms with E-state index in [9.17, 15) is 9.59 Å². The smallest absolute Gasteiger partial charge is 0.314 e. The molecule has 8 nitrogen and oxygen atoms in total. The number of urea groups is 1. The van der Waals surface area contributed by atoms with E-state index in [1.54, 1.807) is 12.0 Å². The number of hydrogen-bond acceptors (Lipinski definition) is 5. The number of methoxy groups -OCH3 is 1. The molecule has 2 fully saturated rings. The fourth-order valence-electron chi connectivity index (χ4n) is 5.41. The minimum absolute atomic E-state index is 0.0397. The third-order valence-electron chi connectivity index (χ3n) is 7.33. The van der Waals surface area contributed by atoms with Crippen LogP contribution in [-0.2, 0) is 9.53 Å². The van der Waals surface area contributed by atoms with Crippen LogP contribution in [0.15, 0.2) is 54.7 Å². The first kappa shape index (κ1) is 25.1. The van der Waals surface area contributed by atoms with Crippen molar-refractivity contribution < 1.29 is 14.3 Å². The molecule has 0 radical (unpaired) electrons. The summed E-state index contributed by atoms with van der Waals surface area (Å²) < 4.78 is 5.40. The summed E-state index contributed by atoms with van der Waals surface area (Å²) in [6.07, 6.45) is 4.82. The van der Waals surface area contributed by atoms with Gasteiger partial charge < -0.3 is 20.3 Å². The van der Waals surface area contributed by atoms with E-state index < -0.39 is 0 Å². The Morgan fingerprint density at radius 3 is 2.46 bits per heavy atom. The number of ether oxygens (including phenoxy) is 1. The van der Waals surface area contributed by atoms with E-state index in [4.69, 9.17) is 10.5 Å². The van der Waals surface area contributed by atoms with Crippen molar-refractivity contribution in [1.29, 1.82) is 0 Å². The maximum atomic E-state index is 13.4. The number of piperidine rings is 1. The van der Waals surface area contributed by atoms with Gasteiger partial charge in [0.25, 0.3) is 0 Å². The lowest BCUT2D eigenvalue weighted by molar-refractivity contribution is -0.138. The molecule has 4 rings (SSSR count). The zero-order chi connectivity index (χ0) is 24.6. The maximum absolute atomic E-state index is 13.4. The van der Waals surface area contributed by atoms with Gasteiger partial charge in [-0.3, -0.25) is 14.7 Å². The fourth-order valence-corrected chi connectivity index (χ4v) is 5.41. The van der Waals surface area contributed by atoms with Crippen molar-refractivity contribution in [2.45, 2.75) is 37.8 Å². The number of likely N-dealkylation sites (tertiary alicyclic amines) is 1. The van der Waals surface area contributed by atoms with Gasteiger partial charge in [0, 0.05) is 65.1 Å². The highest BCUT2D eigenvalue weighted by molar-refractivity contribution is 5.77. The SMILES string of the molecule is COCC[C@H]1CN(C(c2ccccc2)c2ccccn2)CCN1C(=O)CC1CCN(C(N)=O)CC1. The topological polar surface area (TPSA) is 92.0 Å². The molecule has 0 bridgehead atoms. The van der Waals surface area contributed by atoms with Crippen molar-refractivity contribution in [2.75, 3.05) is 46.4 Å². The Bertz CT molecular complexity index is 910. The lowest BCUT2D eigenvalue weighted by Gasteiger charge is -2.45. The van der Waals surface area contributed by atoms with Crippen LogP contribution in [0.5, 0.6) is 0 Å². The first-order valence-electron chi connectivity index (χ1n) is 12.6. The number of amides is 3. The average Bonchev–Trinajstić information content (AvgIpc) is 2.89. The first-order valence-corrected chi connectivity index (χ1v) is 12.6. The van der Waals surface area contributed by atoms with E-state index in [1.165, 1.54) is 5.56 Å². The molecule has 2 aliphatic rings.